The van der Waals surface area contributed by atoms with Gasteiger partial charge in [0.2, 0.25) is 17.6 Å². The summed E-state index contributed by atoms with van der Waals surface area (Å²) < 4.78 is 15.8. The second kappa shape index (κ2) is 7.96. The summed E-state index contributed by atoms with van der Waals surface area (Å²) in [5.41, 5.74) is 0.815. The third-order valence-corrected chi connectivity index (χ3v) is 4.32. The summed E-state index contributed by atoms with van der Waals surface area (Å²) in [5, 5.41) is 2.79. The van der Waals surface area contributed by atoms with E-state index >= 15 is 0 Å². The van der Waals surface area contributed by atoms with Crippen LogP contribution in [-0.4, -0.2) is 56.2 Å². The van der Waals surface area contributed by atoms with Crippen LogP contribution in [0.15, 0.2) is 12.1 Å². The fourth-order valence-corrected chi connectivity index (χ4v) is 3.11. The van der Waals surface area contributed by atoms with E-state index in [-0.39, 0.29) is 18.4 Å². The number of amides is 2. The molecule has 0 saturated carbocycles. The van der Waals surface area contributed by atoms with Gasteiger partial charge >= 0.3 is 0 Å². The van der Waals surface area contributed by atoms with Gasteiger partial charge < -0.3 is 24.4 Å². The molecular weight excluding hydrogens is 320 g/mol. The largest absolute Gasteiger partial charge is 0.493 e. The lowest BCUT2D eigenvalue weighted by atomic mass is 10.1. The molecule has 1 aromatic carbocycles. The Morgan fingerprint density at radius 1 is 1.22 bits per heavy atom. The molecule has 7 nitrogen and oxygen atoms in total. The number of thioether (sulfide) groups is 1. The number of ether oxygens (including phenoxy) is 3. The van der Waals surface area contributed by atoms with Crippen LogP contribution in [0.5, 0.6) is 17.2 Å². The number of nitrogens with one attached hydrogen (secondary N) is 1. The molecular formula is C15H20N2O5S. The summed E-state index contributed by atoms with van der Waals surface area (Å²) in [6, 6.07) is 3.55. The van der Waals surface area contributed by atoms with Crippen molar-refractivity contribution in [2.75, 3.05) is 39.5 Å². The molecule has 2 amide bonds. The van der Waals surface area contributed by atoms with Crippen LogP contribution in [0.4, 0.5) is 0 Å². The standard InChI is InChI=1S/C15H20N2O5S/c1-20-11-4-10(5-12(21-2)15(11)22-3)6-16-13(18)7-17-9-23-8-14(17)19/h4-5H,6-9H2,1-3H3,(H,16,18). The van der Waals surface area contributed by atoms with E-state index in [1.165, 1.54) is 38.0 Å². The molecule has 23 heavy (non-hydrogen) atoms. The number of rotatable bonds is 7. The third-order valence-electron chi connectivity index (χ3n) is 3.37. The minimum Gasteiger partial charge on any atom is -0.493 e. The Labute approximate surface area is 139 Å². The number of hydrogen-bond donors (Lipinski definition) is 1. The predicted molar refractivity (Wildman–Crippen MR) is 87.0 cm³/mol. The van der Waals surface area contributed by atoms with Crippen LogP contribution < -0.4 is 19.5 Å². The summed E-state index contributed by atoms with van der Waals surface area (Å²) in [6.45, 7) is 0.390. The second-order valence-electron chi connectivity index (χ2n) is 4.88. The number of hydrogen-bond acceptors (Lipinski definition) is 6. The second-order valence-corrected chi connectivity index (χ2v) is 5.83. The van der Waals surface area contributed by atoms with Gasteiger partial charge in [0.15, 0.2) is 11.5 Å². The average molecular weight is 340 g/mol. The van der Waals surface area contributed by atoms with Crippen LogP contribution in [0.1, 0.15) is 5.56 Å². The molecule has 1 fully saturated rings. The van der Waals surface area contributed by atoms with E-state index < -0.39 is 0 Å². The van der Waals surface area contributed by atoms with Crippen molar-refractivity contribution in [2.24, 2.45) is 0 Å². The van der Waals surface area contributed by atoms with Gasteiger partial charge in [-0.05, 0) is 17.7 Å². The van der Waals surface area contributed by atoms with Gasteiger partial charge in [-0.3, -0.25) is 9.59 Å². The first kappa shape index (κ1) is 17.3. The van der Waals surface area contributed by atoms with Gasteiger partial charge in [-0.15, -0.1) is 11.8 Å². The molecule has 1 heterocycles. The molecule has 1 aliphatic heterocycles. The highest BCUT2D eigenvalue weighted by molar-refractivity contribution is 8.00. The summed E-state index contributed by atoms with van der Waals surface area (Å²) in [6.07, 6.45) is 0. The van der Waals surface area contributed by atoms with Gasteiger partial charge in [0, 0.05) is 6.54 Å². The number of methoxy groups -OCH3 is 3. The Bertz CT molecular complexity index is 568. The van der Waals surface area contributed by atoms with Crippen molar-refractivity contribution in [1.82, 2.24) is 10.2 Å². The fourth-order valence-electron chi connectivity index (χ4n) is 2.21. The molecule has 0 aromatic heterocycles. The maximum Gasteiger partial charge on any atom is 0.239 e. The molecule has 1 aromatic rings. The molecule has 1 saturated heterocycles. The first-order valence-corrected chi connectivity index (χ1v) is 8.15. The van der Waals surface area contributed by atoms with Crippen molar-refractivity contribution in [3.8, 4) is 17.2 Å². The quantitative estimate of drug-likeness (QED) is 0.793. The molecule has 1 aliphatic rings. The summed E-state index contributed by atoms with van der Waals surface area (Å²) in [5.74, 6) is 2.37. The minimum atomic E-state index is -0.199. The molecule has 0 unspecified atom stereocenters. The highest BCUT2D eigenvalue weighted by Gasteiger charge is 2.22. The van der Waals surface area contributed by atoms with Crippen molar-refractivity contribution in [3.05, 3.63) is 17.7 Å². The molecule has 8 heteroatoms. The van der Waals surface area contributed by atoms with E-state index in [2.05, 4.69) is 5.32 Å². The number of benzene rings is 1. The molecule has 0 radical (unpaired) electrons. The molecule has 2 rings (SSSR count). The molecule has 0 atom stereocenters. The number of nitrogens with zero attached hydrogens (tertiary/aromatic N) is 1. The highest BCUT2D eigenvalue weighted by atomic mass is 32.2. The lowest BCUT2D eigenvalue weighted by molar-refractivity contribution is -0.132. The van der Waals surface area contributed by atoms with Crippen molar-refractivity contribution in [1.29, 1.82) is 0 Å². The van der Waals surface area contributed by atoms with Crippen LogP contribution in [0, 0.1) is 0 Å². The Kier molecular flexibility index (Phi) is 5.97. The molecule has 0 aliphatic carbocycles. The zero-order chi connectivity index (χ0) is 16.8. The van der Waals surface area contributed by atoms with Crippen molar-refractivity contribution < 1.29 is 23.8 Å². The van der Waals surface area contributed by atoms with E-state index in [1.54, 1.807) is 12.1 Å². The monoisotopic (exact) mass is 340 g/mol. The Morgan fingerprint density at radius 2 is 1.87 bits per heavy atom. The first-order chi connectivity index (χ1) is 11.1. The molecule has 1 N–H and O–H groups in total. The van der Waals surface area contributed by atoms with E-state index in [0.717, 1.165) is 5.56 Å². The van der Waals surface area contributed by atoms with Crippen LogP contribution in [0.25, 0.3) is 0 Å². The summed E-state index contributed by atoms with van der Waals surface area (Å²) in [7, 11) is 4.61. The number of carbonyl (C=O) groups excluding carboxylic acids is 2. The fraction of sp³-hybridized carbons (Fsp3) is 0.467. The van der Waals surface area contributed by atoms with Gasteiger partial charge in [-0.25, -0.2) is 0 Å². The summed E-state index contributed by atoms with van der Waals surface area (Å²) >= 11 is 1.51. The van der Waals surface area contributed by atoms with E-state index in [9.17, 15) is 9.59 Å². The van der Waals surface area contributed by atoms with Crippen LogP contribution in [0.2, 0.25) is 0 Å². The van der Waals surface area contributed by atoms with Gasteiger partial charge in [-0.1, -0.05) is 0 Å². The van der Waals surface area contributed by atoms with Gasteiger partial charge in [0.25, 0.3) is 0 Å². The molecule has 0 spiro atoms. The van der Waals surface area contributed by atoms with Gasteiger partial charge in [-0.2, -0.15) is 0 Å². The predicted octanol–water partition coefficient (Wildman–Crippen LogP) is 0.861. The molecule has 126 valence electrons. The lowest BCUT2D eigenvalue weighted by Crippen LogP contribution is -2.37. The summed E-state index contributed by atoms with van der Waals surface area (Å²) in [4.78, 5) is 25.0. The van der Waals surface area contributed by atoms with Crippen LogP contribution >= 0.6 is 11.8 Å². The maximum absolute atomic E-state index is 11.9. The topological polar surface area (TPSA) is 77.1 Å². The first-order valence-electron chi connectivity index (χ1n) is 7.00. The molecule has 0 bridgehead atoms. The van der Waals surface area contributed by atoms with Crippen LogP contribution in [0.3, 0.4) is 0 Å². The van der Waals surface area contributed by atoms with E-state index in [4.69, 9.17) is 14.2 Å². The zero-order valence-corrected chi connectivity index (χ0v) is 14.2. The highest BCUT2D eigenvalue weighted by Crippen LogP contribution is 2.38. The lowest BCUT2D eigenvalue weighted by Gasteiger charge is -2.16. The normalized spacial score (nSPS) is 13.9. The van der Waals surface area contributed by atoms with E-state index in [1.807, 2.05) is 0 Å². The van der Waals surface area contributed by atoms with E-state index in [0.29, 0.717) is 35.4 Å². The smallest absolute Gasteiger partial charge is 0.239 e. The third kappa shape index (κ3) is 4.22. The van der Waals surface area contributed by atoms with Gasteiger partial charge in [0.1, 0.15) is 6.54 Å². The average Bonchev–Trinajstić information content (AvgIpc) is 2.96. The minimum absolute atomic E-state index is 0.00191. The zero-order valence-electron chi connectivity index (χ0n) is 13.4. The maximum atomic E-state index is 11.9. The SMILES string of the molecule is COc1cc(CNC(=O)CN2CSCC2=O)cc(OC)c1OC. The number of carbonyl (C=O) groups is 2. The van der Waals surface area contributed by atoms with Crippen molar-refractivity contribution >= 4 is 23.6 Å². The van der Waals surface area contributed by atoms with Crippen molar-refractivity contribution in [3.63, 3.8) is 0 Å². The van der Waals surface area contributed by atoms with Gasteiger partial charge in [0.05, 0.1) is 33.0 Å². The Balaban J connectivity index is 1.99. The Morgan fingerprint density at radius 3 is 2.35 bits per heavy atom. The van der Waals surface area contributed by atoms with Crippen molar-refractivity contribution in [2.45, 2.75) is 6.54 Å². The Hall–Kier alpha value is -2.09. The van der Waals surface area contributed by atoms with Crippen LogP contribution in [-0.2, 0) is 16.1 Å².